The van der Waals surface area contributed by atoms with E-state index in [1.165, 1.54) is 18.4 Å². The molecule has 0 aliphatic heterocycles. The van der Waals surface area contributed by atoms with E-state index >= 15 is 0 Å². The van der Waals surface area contributed by atoms with Crippen LogP contribution in [0.25, 0.3) is 0 Å². The predicted molar refractivity (Wildman–Crippen MR) is 85.5 cm³/mol. The minimum atomic E-state index is 0.542. The van der Waals surface area contributed by atoms with Crippen LogP contribution in [0.2, 0.25) is 0 Å². The summed E-state index contributed by atoms with van der Waals surface area (Å²) in [5.74, 6) is 1.28. The second-order valence-electron chi connectivity index (χ2n) is 5.35. The third kappa shape index (κ3) is 4.83. The molecule has 0 spiro atoms. The van der Waals surface area contributed by atoms with Crippen molar-refractivity contribution >= 4 is 0 Å². The zero-order chi connectivity index (χ0) is 14.1. The average Bonchev–Trinajstić information content (AvgIpc) is 2.46. The van der Waals surface area contributed by atoms with Crippen molar-refractivity contribution in [2.75, 3.05) is 6.54 Å². The fraction of sp³-hybridized carbons (Fsp3) is 0.556. The first-order valence-electron chi connectivity index (χ1n) is 7.63. The molecule has 1 aromatic carbocycles. The summed E-state index contributed by atoms with van der Waals surface area (Å²) in [6, 6.07) is 11.5. The van der Waals surface area contributed by atoms with E-state index < -0.39 is 0 Å². The Kier molecular flexibility index (Phi) is 7.50. The van der Waals surface area contributed by atoms with Gasteiger partial charge in [0.1, 0.15) is 0 Å². The maximum absolute atomic E-state index is 3.86. The zero-order valence-electron chi connectivity index (χ0n) is 12.7. The quantitative estimate of drug-likeness (QED) is 0.630. The van der Waals surface area contributed by atoms with Gasteiger partial charge >= 0.3 is 0 Å². The predicted octanol–water partition coefficient (Wildman–Crippen LogP) is 4.76. The molecule has 0 aromatic heterocycles. The van der Waals surface area contributed by atoms with Crippen molar-refractivity contribution in [1.29, 1.82) is 0 Å². The van der Waals surface area contributed by atoms with Gasteiger partial charge in [-0.2, -0.15) is 0 Å². The molecule has 1 rings (SSSR count). The van der Waals surface area contributed by atoms with Gasteiger partial charge in [0, 0.05) is 12.0 Å². The molecule has 1 aromatic rings. The highest BCUT2D eigenvalue weighted by Gasteiger charge is 2.26. The largest absolute Gasteiger partial charge is 0.314 e. The number of rotatable bonds is 9. The van der Waals surface area contributed by atoms with Crippen LogP contribution < -0.4 is 5.32 Å². The summed E-state index contributed by atoms with van der Waals surface area (Å²) in [5, 5.41) is 3.68. The van der Waals surface area contributed by atoms with Gasteiger partial charge in [-0.25, -0.2) is 0 Å². The smallest absolute Gasteiger partial charge is 0.0141 e. The van der Waals surface area contributed by atoms with Crippen LogP contribution in [-0.2, 0) is 0 Å². The van der Waals surface area contributed by atoms with Gasteiger partial charge in [0.2, 0.25) is 0 Å². The third-order valence-electron chi connectivity index (χ3n) is 4.02. The number of nitrogens with one attached hydrogen (secondary N) is 1. The minimum absolute atomic E-state index is 0.542. The average molecular weight is 259 g/mol. The first-order valence-corrected chi connectivity index (χ1v) is 7.63. The number of hydrogen-bond acceptors (Lipinski definition) is 1. The molecule has 0 saturated carbocycles. The lowest BCUT2D eigenvalue weighted by molar-refractivity contribution is 0.326. The molecule has 0 bridgehead atoms. The lowest BCUT2D eigenvalue weighted by Crippen LogP contribution is -2.37. The molecule has 0 amide bonds. The standard InChI is InChI=1S/C18H29N/c1-5-8-14-17(19-7-3)18(15(4)6-2)16-12-10-9-11-13-16/h5,9-13,15,17-19H,1,6-8,14H2,2-4H3. The van der Waals surface area contributed by atoms with Crippen molar-refractivity contribution in [2.24, 2.45) is 5.92 Å². The Bertz CT molecular complexity index is 344. The van der Waals surface area contributed by atoms with Crippen LogP contribution in [0.5, 0.6) is 0 Å². The van der Waals surface area contributed by atoms with E-state index in [-0.39, 0.29) is 0 Å². The summed E-state index contributed by atoms with van der Waals surface area (Å²) in [4.78, 5) is 0. The van der Waals surface area contributed by atoms with E-state index in [1.807, 2.05) is 6.08 Å². The molecule has 0 aliphatic carbocycles. The molecule has 0 aliphatic rings. The molecule has 1 nitrogen and oxygen atoms in total. The van der Waals surface area contributed by atoms with Gasteiger partial charge in [-0.3, -0.25) is 0 Å². The molecule has 0 heterocycles. The summed E-state index contributed by atoms with van der Waals surface area (Å²) in [7, 11) is 0. The van der Waals surface area contributed by atoms with Crippen LogP contribution in [0, 0.1) is 5.92 Å². The maximum Gasteiger partial charge on any atom is 0.0141 e. The molecule has 1 N–H and O–H groups in total. The molecule has 106 valence electrons. The van der Waals surface area contributed by atoms with Gasteiger partial charge in [-0.15, -0.1) is 6.58 Å². The monoisotopic (exact) mass is 259 g/mol. The lowest BCUT2D eigenvalue weighted by Gasteiger charge is -2.32. The second-order valence-corrected chi connectivity index (χ2v) is 5.35. The second kappa shape index (κ2) is 8.92. The molecule has 3 unspecified atom stereocenters. The van der Waals surface area contributed by atoms with Gasteiger partial charge in [0.25, 0.3) is 0 Å². The number of benzene rings is 1. The van der Waals surface area contributed by atoms with E-state index in [1.54, 1.807) is 0 Å². The van der Waals surface area contributed by atoms with E-state index in [0.29, 0.717) is 17.9 Å². The van der Waals surface area contributed by atoms with Crippen LogP contribution in [0.15, 0.2) is 43.0 Å². The normalized spacial score (nSPS) is 15.7. The fourth-order valence-corrected chi connectivity index (χ4v) is 2.85. The lowest BCUT2D eigenvalue weighted by atomic mass is 9.78. The molecule has 3 atom stereocenters. The van der Waals surface area contributed by atoms with Crippen molar-refractivity contribution in [3.05, 3.63) is 48.6 Å². The topological polar surface area (TPSA) is 12.0 Å². The van der Waals surface area contributed by atoms with E-state index in [0.717, 1.165) is 13.0 Å². The van der Waals surface area contributed by atoms with Crippen LogP contribution in [0.1, 0.15) is 51.5 Å². The van der Waals surface area contributed by atoms with E-state index in [9.17, 15) is 0 Å². The molecule has 0 fully saturated rings. The summed E-state index contributed by atoms with van der Waals surface area (Å²) >= 11 is 0. The van der Waals surface area contributed by atoms with Crippen LogP contribution in [-0.4, -0.2) is 12.6 Å². The third-order valence-corrected chi connectivity index (χ3v) is 4.02. The summed E-state index contributed by atoms with van der Waals surface area (Å²) in [6.45, 7) is 11.7. The molecule has 0 radical (unpaired) electrons. The molecular formula is C18H29N. The van der Waals surface area contributed by atoms with Gasteiger partial charge in [-0.1, -0.05) is 63.6 Å². The Morgan fingerprint density at radius 2 is 1.89 bits per heavy atom. The highest BCUT2D eigenvalue weighted by molar-refractivity contribution is 5.22. The van der Waals surface area contributed by atoms with Crippen LogP contribution in [0.4, 0.5) is 0 Å². The molecule has 0 saturated heterocycles. The Morgan fingerprint density at radius 3 is 2.42 bits per heavy atom. The van der Waals surface area contributed by atoms with Gasteiger partial charge in [0.05, 0.1) is 0 Å². The van der Waals surface area contributed by atoms with E-state index in [2.05, 4.69) is 63.0 Å². The number of allylic oxidation sites excluding steroid dienone is 1. The highest BCUT2D eigenvalue weighted by atomic mass is 14.9. The Hall–Kier alpha value is -1.08. The first kappa shape index (κ1) is 16.0. The van der Waals surface area contributed by atoms with Crippen LogP contribution in [0.3, 0.4) is 0 Å². The van der Waals surface area contributed by atoms with Crippen molar-refractivity contribution in [3.8, 4) is 0 Å². The summed E-state index contributed by atoms with van der Waals surface area (Å²) in [6.07, 6.45) is 5.50. The zero-order valence-corrected chi connectivity index (χ0v) is 12.7. The molecule has 1 heteroatoms. The first-order chi connectivity index (χ1) is 9.24. The molecular weight excluding hydrogens is 230 g/mol. The Morgan fingerprint density at radius 1 is 1.21 bits per heavy atom. The summed E-state index contributed by atoms with van der Waals surface area (Å²) < 4.78 is 0. The summed E-state index contributed by atoms with van der Waals surface area (Å²) in [5.41, 5.74) is 1.46. The number of hydrogen-bond donors (Lipinski definition) is 1. The van der Waals surface area contributed by atoms with Crippen LogP contribution >= 0.6 is 0 Å². The van der Waals surface area contributed by atoms with Gasteiger partial charge < -0.3 is 5.32 Å². The number of likely N-dealkylation sites (N-methyl/N-ethyl adjacent to an activating group) is 1. The van der Waals surface area contributed by atoms with E-state index in [4.69, 9.17) is 0 Å². The van der Waals surface area contributed by atoms with Crippen molar-refractivity contribution in [2.45, 2.75) is 52.0 Å². The SMILES string of the molecule is C=CCCC(NCC)C(c1ccccc1)C(C)CC. The molecule has 19 heavy (non-hydrogen) atoms. The van der Waals surface area contributed by atoms with Gasteiger partial charge in [-0.05, 0) is 30.9 Å². The highest BCUT2D eigenvalue weighted by Crippen LogP contribution is 2.32. The van der Waals surface area contributed by atoms with Crippen molar-refractivity contribution < 1.29 is 0 Å². The maximum atomic E-state index is 3.86. The fourth-order valence-electron chi connectivity index (χ4n) is 2.85. The Labute approximate surface area is 119 Å². The van der Waals surface area contributed by atoms with Gasteiger partial charge in [0.15, 0.2) is 0 Å². The minimum Gasteiger partial charge on any atom is -0.314 e. The van der Waals surface area contributed by atoms with Crippen molar-refractivity contribution in [3.63, 3.8) is 0 Å². The Balaban J connectivity index is 2.95. The van der Waals surface area contributed by atoms with Crippen molar-refractivity contribution in [1.82, 2.24) is 5.32 Å².